The molecule has 1 aromatic carbocycles. The first-order chi connectivity index (χ1) is 18.7. The van der Waals surface area contributed by atoms with E-state index in [-0.39, 0.29) is 11.7 Å². The number of hydrogen-bond donors (Lipinski definition) is 2. The van der Waals surface area contributed by atoms with E-state index in [0.717, 1.165) is 51.0 Å². The number of anilines is 2. The van der Waals surface area contributed by atoms with E-state index in [1.165, 1.54) is 18.2 Å². The van der Waals surface area contributed by atoms with E-state index in [1.54, 1.807) is 6.92 Å². The molecule has 2 fully saturated rings. The van der Waals surface area contributed by atoms with Crippen molar-refractivity contribution in [3.63, 3.8) is 0 Å². The number of piperazine rings is 1. The maximum absolute atomic E-state index is 15.0. The second-order valence-corrected chi connectivity index (χ2v) is 10.2. The van der Waals surface area contributed by atoms with E-state index in [9.17, 15) is 8.78 Å². The Morgan fingerprint density at radius 2 is 1.82 bits per heavy atom. The number of benzene rings is 1. The number of halogens is 3. The van der Waals surface area contributed by atoms with Gasteiger partial charge in [0.15, 0.2) is 5.65 Å². The predicted octanol–water partition coefficient (Wildman–Crippen LogP) is 4.63. The number of aromatic nitrogens is 3. The van der Waals surface area contributed by atoms with Crippen molar-refractivity contribution in [2.75, 3.05) is 49.5 Å². The molecule has 2 aliphatic heterocycles. The molecule has 11 heteroatoms. The smallest absolute Gasteiger partial charge is 0.266 e. The molecule has 0 saturated carbocycles. The standard InChI is InChI=1S/C28H34F3N7O/c1-5-22(19-7-6-8-20(24(19)29)25(30)31)35-26-21-13-23(38-11-9-37(10-12-38)16(2)3)28(39-18-14-32-15-18)36-27(21)34-17(4)33-26/h5-8,13,16,18,22,25,32H,1,9-12,14-15H2,2-4H3,(H,33,34,35,36)/t22-/m1/s1. The zero-order chi connectivity index (χ0) is 27.7. The van der Waals surface area contributed by atoms with Gasteiger partial charge in [0.25, 0.3) is 6.43 Å². The molecule has 208 valence electrons. The highest BCUT2D eigenvalue weighted by molar-refractivity contribution is 5.90. The molecule has 0 bridgehead atoms. The van der Waals surface area contributed by atoms with Crippen LogP contribution in [0.5, 0.6) is 5.88 Å². The summed E-state index contributed by atoms with van der Waals surface area (Å²) in [4.78, 5) is 18.6. The topological polar surface area (TPSA) is 78.4 Å². The molecule has 0 aliphatic carbocycles. The van der Waals surface area contributed by atoms with Crippen molar-refractivity contribution in [1.29, 1.82) is 0 Å². The molecule has 8 nitrogen and oxygen atoms in total. The van der Waals surface area contributed by atoms with Gasteiger partial charge in [-0.15, -0.1) is 6.58 Å². The van der Waals surface area contributed by atoms with Crippen LogP contribution >= 0.6 is 0 Å². The lowest BCUT2D eigenvalue weighted by Gasteiger charge is -2.39. The number of nitrogens with one attached hydrogen (secondary N) is 2. The number of nitrogens with zero attached hydrogens (tertiary/aromatic N) is 5. The van der Waals surface area contributed by atoms with Crippen LogP contribution in [0.4, 0.5) is 24.7 Å². The number of aryl methyl sites for hydroxylation is 1. The van der Waals surface area contributed by atoms with Crippen molar-refractivity contribution < 1.29 is 17.9 Å². The van der Waals surface area contributed by atoms with Gasteiger partial charge in [-0.3, -0.25) is 4.90 Å². The SMILES string of the molecule is C=C[C@@H](Nc1nc(C)nc2nc(OC3CNC3)c(N3CCN(C(C)C)CC3)cc12)c1cccc(C(F)F)c1F. The van der Waals surface area contributed by atoms with Gasteiger partial charge < -0.3 is 20.3 Å². The third-order valence-electron chi connectivity index (χ3n) is 7.31. The molecular weight excluding hydrogens is 507 g/mol. The highest BCUT2D eigenvalue weighted by atomic mass is 19.3. The van der Waals surface area contributed by atoms with Crippen LogP contribution in [0.3, 0.4) is 0 Å². The van der Waals surface area contributed by atoms with Crippen LogP contribution in [0.2, 0.25) is 0 Å². The minimum atomic E-state index is -2.93. The van der Waals surface area contributed by atoms with Gasteiger partial charge >= 0.3 is 0 Å². The quantitative estimate of drug-likeness (QED) is 0.380. The summed E-state index contributed by atoms with van der Waals surface area (Å²) in [6.07, 6.45) is -1.43. The summed E-state index contributed by atoms with van der Waals surface area (Å²) in [7, 11) is 0. The van der Waals surface area contributed by atoms with Crippen LogP contribution in [-0.2, 0) is 0 Å². The van der Waals surface area contributed by atoms with Gasteiger partial charge in [0.1, 0.15) is 29.3 Å². The van der Waals surface area contributed by atoms with E-state index in [2.05, 4.69) is 50.8 Å². The van der Waals surface area contributed by atoms with Crippen LogP contribution in [0, 0.1) is 12.7 Å². The summed E-state index contributed by atoms with van der Waals surface area (Å²) in [6, 6.07) is 5.58. The van der Waals surface area contributed by atoms with Crippen molar-refractivity contribution in [3.05, 3.63) is 59.7 Å². The van der Waals surface area contributed by atoms with Crippen molar-refractivity contribution in [3.8, 4) is 5.88 Å². The molecule has 0 amide bonds. The van der Waals surface area contributed by atoms with E-state index >= 15 is 4.39 Å². The molecule has 1 atom stereocenters. The van der Waals surface area contributed by atoms with Crippen LogP contribution in [0.1, 0.15) is 43.3 Å². The van der Waals surface area contributed by atoms with Crippen molar-refractivity contribution >= 4 is 22.5 Å². The summed E-state index contributed by atoms with van der Waals surface area (Å²) in [5.41, 5.74) is 0.681. The highest BCUT2D eigenvalue weighted by Gasteiger charge is 2.28. The molecule has 39 heavy (non-hydrogen) atoms. The van der Waals surface area contributed by atoms with Crippen molar-refractivity contribution in [2.45, 2.75) is 45.4 Å². The molecule has 4 heterocycles. The first kappa shape index (κ1) is 27.1. The number of hydrogen-bond acceptors (Lipinski definition) is 8. The van der Waals surface area contributed by atoms with E-state index in [4.69, 9.17) is 9.72 Å². The van der Waals surface area contributed by atoms with Crippen LogP contribution in [0.15, 0.2) is 36.9 Å². The maximum atomic E-state index is 15.0. The summed E-state index contributed by atoms with van der Waals surface area (Å²) >= 11 is 0. The average molecular weight is 542 g/mol. The number of ether oxygens (including phenoxy) is 1. The third-order valence-corrected chi connectivity index (χ3v) is 7.31. The third kappa shape index (κ3) is 5.65. The average Bonchev–Trinajstić information content (AvgIpc) is 2.89. The number of fused-ring (bicyclic) bond motifs is 1. The summed E-state index contributed by atoms with van der Waals surface area (Å²) < 4.78 is 48.0. The van der Waals surface area contributed by atoms with Gasteiger partial charge in [-0.2, -0.15) is 4.98 Å². The molecular formula is C28H34F3N7O. The Morgan fingerprint density at radius 1 is 1.10 bits per heavy atom. The number of rotatable bonds is 9. The molecule has 2 aromatic heterocycles. The monoisotopic (exact) mass is 541 g/mol. The summed E-state index contributed by atoms with van der Waals surface area (Å²) in [6.45, 7) is 14.9. The lowest BCUT2D eigenvalue weighted by molar-refractivity contribution is 0.136. The Morgan fingerprint density at radius 3 is 2.44 bits per heavy atom. The fourth-order valence-electron chi connectivity index (χ4n) is 4.93. The van der Waals surface area contributed by atoms with Gasteiger partial charge in [-0.25, -0.2) is 23.1 Å². The first-order valence-electron chi connectivity index (χ1n) is 13.3. The minimum Gasteiger partial charge on any atom is -0.470 e. The van der Waals surface area contributed by atoms with E-state index in [0.29, 0.717) is 34.6 Å². The number of pyridine rings is 1. The fraction of sp³-hybridized carbons (Fsp3) is 0.464. The van der Waals surface area contributed by atoms with Crippen molar-refractivity contribution in [2.24, 2.45) is 0 Å². The number of alkyl halides is 2. The first-order valence-corrected chi connectivity index (χ1v) is 13.3. The summed E-state index contributed by atoms with van der Waals surface area (Å²) in [5, 5.41) is 7.04. The van der Waals surface area contributed by atoms with Crippen LogP contribution in [-0.4, -0.2) is 71.3 Å². The Bertz CT molecular complexity index is 1340. The molecule has 0 unspecified atom stereocenters. The molecule has 3 aromatic rings. The maximum Gasteiger partial charge on any atom is 0.266 e. The minimum absolute atomic E-state index is 0.0291. The van der Waals surface area contributed by atoms with E-state index in [1.807, 2.05) is 6.07 Å². The zero-order valence-electron chi connectivity index (χ0n) is 22.4. The second-order valence-electron chi connectivity index (χ2n) is 10.2. The Labute approximate surface area is 226 Å². The molecule has 5 rings (SSSR count). The predicted molar refractivity (Wildman–Crippen MR) is 146 cm³/mol. The molecule has 0 radical (unpaired) electrons. The van der Waals surface area contributed by atoms with Gasteiger partial charge in [-0.05, 0) is 26.8 Å². The largest absolute Gasteiger partial charge is 0.470 e. The van der Waals surface area contributed by atoms with E-state index < -0.39 is 23.8 Å². The highest BCUT2D eigenvalue weighted by Crippen LogP contribution is 2.36. The van der Waals surface area contributed by atoms with Crippen LogP contribution in [0.25, 0.3) is 11.0 Å². The Kier molecular flexibility index (Phi) is 7.90. The lowest BCUT2D eigenvalue weighted by atomic mass is 10.0. The van der Waals surface area contributed by atoms with Gasteiger partial charge in [0, 0.05) is 50.9 Å². The molecule has 2 saturated heterocycles. The molecule has 2 N–H and O–H groups in total. The fourth-order valence-corrected chi connectivity index (χ4v) is 4.93. The Hall–Kier alpha value is -3.44. The second kappa shape index (κ2) is 11.4. The molecule has 0 spiro atoms. The van der Waals surface area contributed by atoms with Gasteiger partial charge in [-0.1, -0.05) is 24.3 Å². The van der Waals surface area contributed by atoms with Gasteiger partial charge in [0.2, 0.25) is 5.88 Å². The van der Waals surface area contributed by atoms with Gasteiger partial charge in [0.05, 0.1) is 17.0 Å². The Balaban J connectivity index is 1.54. The lowest BCUT2D eigenvalue weighted by Crippen LogP contribution is -2.51. The normalized spacial score (nSPS) is 17.5. The zero-order valence-corrected chi connectivity index (χ0v) is 22.4. The molecule has 2 aliphatic rings. The van der Waals surface area contributed by atoms with Crippen LogP contribution < -0.4 is 20.3 Å². The summed E-state index contributed by atoms with van der Waals surface area (Å²) in [5.74, 6) is 0.422. The van der Waals surface area contributed by atoms with Crippen molar-refractivity contribution in [1.82, 2.24) is 25.2 Å².